The monoisotopic (exact) mass is 273 g/mol. The molecule has 108 valence electrons. The topological polar surface area (TPSA) is 56.9 Å². The molecule has 4 heteroatoms. The highest BCUT2D eigenvalue weighted by molar-refractivity contribution is 5.85. The fourth-order valence-electron chi connectivity index (χ4n) is 2.38. The zero-order valence-corrected chi connectivity index (χ0v) is 12.6. The summed E-state index contributed by atoms with van der Waals surface area (Å²) in [7, 11) is 1.86. The van der Waals surface area contributed by atoms with Gasteiger partial charge in [-0.05, 0) is 44.2 Å². The van der Waals surface area contributed by atoms with Gasteiger partial charge in [0, 0.05) is 35.6 Å². The van der Waals surface area contributed by atoms with Gasteiger partial charge in [0.2, 0.25) is 5.91 Å². The third kappa shape index (κ3) is 3.02. The summed E-state index contributed by atoms with van der Waals surface area (Å²) < 4.78 is 0. The van der Waals surface area contributed by atoms with Gasteiger partial charge in [-0.3, -0.25) is 4.79 Å². The molecule has 2 aromatic rings. The zero-order valence-electron chi connectivity index (χ0n) is 12.6. The van der Waals surface area contributed by atoms with Crippen molar-refractivity contribution >= 4 is 16.8 Å². The Morgan fingerprint density at radius 1 is 1.35 bits per heavy atom. The van der Waals surface area contributed by atoms with Gasteiger partial charge < -0.3 is 15.6 Å². The van der Waals surface area contributed by atoms with Crippen LogP contribution in [0.15, 0.2) is 18.2 Å². The molecule has 1 amide bonds. The third-order valence-electron chi connectivity index (χ3n) is 3.80. The molecule has 0 radical (unpaired) electrons. The van der Waals surface area contributed by atoms with E-state index < -0.39 is 0 Å². The van der Waals surface area contributed by atoms with Crippen molar-refractivity contribution in [3.63, 3.8) is 0 Å². The lowest BCUT2D eigenvalue weighted by Gasteiger charge is -2.11. The van der Waals surface area contributed by atoms with E-state index in [1.165, 1.54) is 16.6 Å². The molecule has 2 rings (SSSR count). The standard InChI is InChI=1S/C16H23N3O/c1-10(8-17-4)16(20)18-9-13-5-6-15-14(7-13)11(2)12(3)19-15/h5-7,10,17,19H,8-9H2,1-4H3,(H,18,20). The minimum absolute atomic E-state index is 0.0139. The summed E-state index contributed by atoms with van der Waals surface area (Å²) in [6.45, 7) is 7.39. The predicted molar refractivity (Wildman–Crippen MR) is 82.7 cm³/mol. The Morgan fingerprint density at radius 2 is 2.10 bits per heavy atom. The Hall–Kier alpha value is -1.81. The quantitative estimate of drug-likeness (QED) is 0.782. The van der Waals surface area contributed by atoms with Gasteiger partial charge in [0.25, 0.3) is 0 Å². The number of H-pyrrole nitrogens is 1. The summed E-state index contributed by atoms with van der Waals surface area (Å²) >= 11 is 0. The second-order valence-corrected chi connectivity index (χ2v) is 5.43. The minimum atomic E-state index is -0.0139. The van der Waals surface area contributed by atoms with Gasteiger partial charge in [-0.15, -0.1) is 0 Å². The molecule has 1 atom stereocenters. The predicted octanol–water partition coefficient (Wildman–Crippen LogP) is 2.26. The van der Waals surface area contributed by atoms with Crippen LogP contribution in [-0.4, -0.2) is 24.5 Å². The molecule has 20 heavy (non-hydrogen) atoms. The fourth-order valence-corrected chi connectivity index (χ4v) is 2.38. The van der Waals surface area contributed by atoms with E-state index in [-0.39, 0.29) is 11.8 Å². The van der Waals surface area contributed by atoms with Gasteiger partial charge in [-0.2, -0.15) is 0 Å². The largest absolute Gasteiger partial charge is 0.358 e. The van der Waals surface area contributed by atoms with Gasteiger partial charge in [-0.25, -0.2) is 0 Å². The molecular weight excluding hydrogens is 250 g/mol. The molecule has 3 N–H and O–H groups in total. The van der Waals surface area contributed by atoms with Crippen LogP contribution in [0.3, 0.4) is 0 Å². The Labute approximate surface area is 120 Å². The minimum Gasteiger partial charge on any atom is -0.358 e. The molecule has 0 aliphatic heterocycles. The van der Waals surface area contributed by atoms with Crippen LogP contribution in [0.1, 0.15) is 23.7 Å². The molecular formula is C16H23N3O. The molecule has 0 spiro atoms. The fraction of sp³-hybridized carbons (Fsp3) is 0.438. The lowest BCUT2D eigenvalue weighted by Crippen LogP contribution is -2.33. The highest BCUT2D eigenvalue weighted by Crippen LogP contribution is 2.22. The van der Waals surface area contributed by atoms with E-state index in [1.54, 1.807) is 0 Å². The Balaban J connectivity index is 2.07. The first-order chi connectivity index (χ1) is 9.52. The van der Waals surface area contributed by atoms with Crippen LogP contribution < -0.4 is 10.6 Å². The van der Waals surface area contributed by atoms with Gasteiger partial charge >= 0.3 is 0 Å². The first kappa shape index (κ1) is 14.6. The van der Waals surface area contributed by atoms with E-state index >= 15 is 0 Å². The first-order valence-electron chi connectivity index (χ1n) is 7.03. The van der Waals surface area contributed by atoms with Crippen molar-refractivity contribution < 1.29 is 4.79 Å². The van der Waals surface area contributed by atoms with E-state index in [0.717, 1.165) is 11.1 Å². The number of rotatable bonds is 5. The molecule has 4 nitrogen and oxygen atoms in total. The Kier molecular flexibility index (Phi) is 4.45. The van der Waals surface area contributed by atoms with E-state index in [1.807, 2.05) is 14.0 Å². The van der Waals surface area contributed by atoms with Crippen LogP contribution in [0.25, 0.3) is 10.9 Å². The van der Waals surface area contributed by atoms with Gasteiger partial charge in [0.15, 0.2) is 0 Å². The molecule has 0 fully saturated rings. The molecule has 0 saturated carbocycles. The summed E-state index contributed by atoms with van der Waals surface area (Å²) in [6, 6.07) is 6.28. The highest BCUT2D eigenvalue weighted by atomic mass is 16.1. The van der Waals surface area contributed by atoms with E-state index in [0.29, 0.717) is 13.1 Å². The molecule has 0 aliphatic carbocycles. The number of amides is 1. The maximum absolute atomic E-state index is 11.9. The van der Waals surface area contributed by atoms with Crippen molar-refractivity contribution in [1.82, 2.24) is 15.6 Å². The summed E-state index contributed by atoms with van der Waals surface area (Å²) in [5.41, 5.74) is 4.75. The molecule has 0 bridgehead atoms. The average Bonchev–Trinajstić information content (AvgIpc) is 2.72. The number of aromatic amines is 1. The smallest absolute Gasteiger partial charge is 0.224 e. The lowest BCUT2D eigenvalue weighted by atomic mass is 10.1. The molecule has 0 saturated heterocycles. The van der Waals surface area contributed by atoms with Crippen LogP contribution in [0.5, 0.6) is 0 Å². The summed E-state index contributed by atoms with van der Waals surface area (Å²) in [5, 5.41) is 7.24. The van der Waals surface area contributed by atoms with Crippen LogP contribution in [0.4, 0.5) is 0 Å². The number of aryl methyl sites for hydroxylation is 2. The van der Waals surface area contributed by atoms with Crippen molar-refractivity contribution in [3.05, 3.63) is 35.0 Å². The first-order valence-corrected chi connectivity index (χ1v) is 7.03. The number of nitrogens with one attached hydrogen (secondary N) is 3. The lowest BCUT2D eigenvalue weighted by molar-refractivity contribution is -0.124. The van der Waals surface area contributed by atoms with Crippen molar-refractivity contribution in [1.29, 1.82) is 0 Å². The number of carbonyl (C=O) groups excluding carboxylic acids is 1. The number of benzene rings is 1. The third-order valence-corrected chi connectivity index (χ3v) is 3.80. The number of hydrogen-bond acceptors (Lipinski definition) is 2. The van der Waals surface area contributed by atoms with Crippen molar-refractivity contribution in [2.45, 2.75) is 27.3 Å². The normalized spacial score (nSPS) is 12.6. The molecule has 1 heterocycles. The van der Waals surface area contributed by atoms with Gasteiger partial charge in [0.05, 0.1) is 0 Å². The zero-order chi connectivity index (χ0) is 14.7. The molecule has 1 aromatic carbocycles. The second-order valence-electron chi connectivity index (χ2n) is 5.43. The summed E-state index contributed by atoms with van der Waals surface area (Å²) in [4.78, 5) is 15.2. The van der Waals surface area contributed by atoms with Crippen LogP contribution in [0.2, 0.25) is 0 Å². The highest BCUT2D eigenvalue weighted by Gasteiger charge is 2.11. The summed E-state index contributed by atoms with van der Waals surface area (Å²) in [5.74, 6) is 0.0707. The Bertz CT molecular complexity index is 615. The maximum Gasteiger partial charge on any atom is 0.224 e. The SMILES string of the molecule is CNCC(C)C(=O)NCc1ccc2[nH]c(C)c(C)c2c1. The van der Waals surface area contributed by atoms with E-state index in [9.17, 15) is 4.79 Å². The maximum atomic E-state index is 11.9. The number of hydrogen-bond donors (Lipinski definition) is 3. The van der Waals surface area contributed by atoms with Crippen molar-refractivity contribution in [2.24, 2.45) is 5.92 Å². The van der Waals surface area contributed by atoms with Crippen molar-refractivity contribution in [3.8, 4) is 0 Å². The average molecular weight is 273 g/mol. The van der Waals surface area contributed by atoms with Crippen LogP contribution >= 0.6 is 0 Å². The molecule has 1 unspecified atom stereocenters. The van der Waals surface area contributed by atoms with Crippen LogP contribution in [-0.2, 0) is 11.3 Å². The van der Waals surface area contributed by atoms with Crippen LogP contribution in [0, 0.1) is 19.8 Å². The number of carbonyl (C=O) groups is 1. The van der Waals surface area contributed by atoms with E-state index in [2.05, 4.69) is 47.7 Å². The van der Waals surface area contributed by atoms with Gasteiger partial charge in [-0.1, -0.05) is 13.0 Å². The van der Waals surface area contributed by atoms with Crippen molar-refractivity contribution in [2.75, 3.05) is 13.6 Å². The number of fused-ring (bicyclic) bond motifs is 1. The second kappa shape index (κ2) is 6.09. The molecule has 0 aliphatic rings. The molecule has 1 aromatic heterocycles. The Morgan fingerprint density at radius 3 is 2.80 bits per heavy atom. The number of aromatic nitrogens is 1. The van der Waals surface area contributed by atoms with E-state index in [4.69, 9.17) is 0 Å². The summed E-state index contributed by atoms with van der Waals surface area (Å²) in [6.07, 6.45) is 0. The van der Waals surface area contributed by atoms with Gasteiger partial charge in [0.1, 0.15) is 0 Å².